The summed E-state index contributed by atoms with van der Waals surface area (Å²) in [5, 5.41) is 14.6. The van der Waals surface area contributed by atoms with Crippen molar-refractivity contribution in [2.75, 3.05) is 0 Å². The van der Waals surface area contributed by atoms with Crippen LogP contribution in [0.3, 0.4) is 0 Å². The Kier molecular flexibility index (Phi) is 4.43. The molecule has 0 aliphatic heterocycles. The van der Waals surface area contributed by atoms with Gasteiger partial charge in [0.05, 0.1) is 0 Å². The van der Waals surface area contributed by atoms with E-state index in [4.69, 9.17) is 0 Å². The van der Waals surface area contributed by atoms with Crippen LogP contribution in [0.5, 0.6) is 0 Å². The van der Waals surface area contributed by atoms with Gasteiger partial charge in [-0.1, -0.05) is 64.5 Å². The molecule has 0 saturated carbocycles. The highest BCUT2D eigenvalue weighted by molar-refractivity contribution is 9.10. The highest BCUT2D eigenvalue weighted by Gasteiger charge is 2.09. The Morgan fingerprint density at radius 2 is 1.67 bits per heavy atom. The monoisotopic (exact) mass is 342 g/mol. The highest BCUT2D eigenvalue weighted by Crippen LogP contribution is 2.19. The van der Waals surface area contributed by atoms with Gasteiger partial charge in [-0.2, -0.15) is 15.4 Å². The van der Waals surface area contributed by atoms with E-state index >= 15 is 0 Å². The van der Waals surface area contributed by atoms with Crippen LogP contribution in [-0.2, 0) is 13.1 Å². The summed E-state index contributed by atoms with van der Waals surface area (Å²) < 4.78 is 1.11. The number of hydrogen-bond acceptors (Lipinski definition) is 3. The number of nitrogens with one attached hydrogen (secondary N) is 2. The van der Waals surface area contributed by atoms with Gasteiger partial charge in [0, 0.05) is 23.1 Å². The lowest BCUT2D eigenvalue weighted by Crippen LogP contribution is -2.14. The maximum atomic E-state index is 4.24. The van der Waals surface area contributed by atoms with Crippen molar-refractivity contribution in [3.05, 3.63) is 70.3 Å². The van der Waals surface area contributed by atoms with E-state index in [1.807, 2.05) is 48.5 Å². The fraction of sp³-hybridized carbons (Fsp3) is 0.125. The zero-order valence-electron chi connectivity index (χ0n) is 11.4. The van der Waals surface area contributed by atoms with Gasteiger partial charge < -0.3 is 5.32 Å². The van der Waals surface area contributed by atoms with Gasteiger partial charge in [0.25, 0.3) is 0 Å². The third-order valence-corrected chi connectivity index (χ3v) is 4.01. The van der Waals surface area contributed by atoms with Gasteiger partial charge in [0.15, 0.2) is 0 Å². The zero-order valence-corrected chi connectivity index (χ0v) is 13.0. The van der Waals surface area contributed by atoms with Crippen molar-refractivity contribution in [2.24, 2.45) is 0 Å². The number of benzene rings is 2. The van der Waals surface area contributed by atoms with Crippen molar-refractivity contribution < 1.29 is 0 Å². The maximum absolute atomic E-state index is 4.24. The quantitative estimate of drug-likeness (QED) is 0.745. The van der Waals surface area contributed by atoms with Crippen LogP contribution in [-0.4, -0.2) is 15.4 Å². The number of nitrogens with zero attached hydrogens (tertiary/aromatic N) is 2. The standard InChI is InChI=1S/C16H15BrN4/c17-14-9-5-4-8-13(14)10-18-11-15-16(20-21-19-15)12-6-2-1-3-7-12/h1-9,18H,10-11H2,(H,19,20,21). The van der Waals surface area contributed by atoms with Gasteiger partial charge in [0.1, 0.15) is 11.4 Å². The summed E-state index contributed by atoms with van der Waals surface area (Å²) in [4.78, 5) is 0. The number of rotatable bonds is 5. The molecule has 1 heterocycles. The third-order valence-electron chi connectivity index (χ3n) is 3.23. The molecule has 0 aliphatic rings. The van der Waals surface area contributed by atoms with Gasteiger partial charge in [-0.15, -0.1) is 0 Å². The molecule has 0 unspecified atom stereocenters. The van der Waals surface area contributed by atoms with Gasteiger partial charge in [-0.05, 0) is 11.6 Å². The van der Waals surface area contributed by atoms with Crippen molar-refractivity contribution in [2.45, 2.75) is 13.1 Å². The molecule has 0 atom stereocenters. The second-order valence-electron chi connectivity index (χ2n) is 4.68. The second-order valence-corrected chi connectivity index (χ2v) is 5.53. The van der Waals surface area contributed by atoms with E-state index < -0.39 is 0 Å². The molecule has 2 N–H and O–H groups in total. The van der Waals surface area contributed by atoms with Crippen molar-refractivity contribution >= 4 is 15.9 Å². The maximum Gasteiger partial charge on any atom is 0.117 e. The van der Waals surface area contributed by atoms with Gasteiger partial charge >= 0.3 is 0 Å². The first-order valence-corrected chi connectivity index (χ1v) is 7.53. The molecule has 1 aromatic heterocycles. The smallest absolute Gasteiger partial charge is 0.117 e. The molecule has 2 aromatic carbocycles. The molecule has 3 aromatic rings. The van der Waals surface area contributed by atoms with E-state index in [1.165, 1.54) is 5.56 Å². The topological polar surface area (TPSA) is 53.6 Å². The molecular formula is C16H15BrN4. The Labute approximate surface area is 131 Å². The minimum absolute atomic E-state index is 0.669. The van der Waals surface area contributed by atoms with Gasteiger partial charge in [-0.3, -0.25) is 0 Å². The van der Waals surface area contributed by atoms with Gasteiger partial charge in [0.2, 0.25) is 0 Å². The molecule has 0 amide bonds. The Hall–Kier alpha value is -1.98. The lowest BCUT2D eigenvalue weighted by molar-refractivity contribution is 0.676. The van der Waals surface area contributed by atoms with Crippen molar-refractivity contribution in [3.63, 3.8) is 0 Å². The summed E-state index contributed by atoms with van der Waals surface area (Å²) in [7, 11) is 0. The average molecular weight is 343 g/mol. The van der Waals surface area contributed by atoms with Gasteiger partial charge in [-0.25, -0.2) is 0 Å². The van der Waals surface area contributed by atoms with E-state index in [-0.39, 0.29) is 0 Å². The predicted octanol–water partition coefficient (Wildman–Crippen LogP) is 3.52. The van der Waals surface area contributed by atoms with Crippen molar-refractivity contribution in [1.29, 1.82) is 0 Å². The molecule has 0 fully saturated rings. The Bertz CT molecular complexity index is 709. The van der Waals surface area contributed by atoms with E-state index in [0.717, 1.165) is 28.0 Å². The lowest BCUT2D eigenvalue weighted by atomic mass is 10.1. The molecule has 21 heavy (non-hydrogen) atoms. The van der Waals surface area contributed by atoms with E-state index in [2.05, 4.69) is 42.7 Å². The largest absolute Gasteiger partial charge is 0.307 e. The Morgan fingerprint density at radius 1 is 0.905 bits per heavy atom. The molecule has 3 rings (SSSR count). The minimum Gasteiger partial charge on any atom is -0.307 e. The van der Waals surface area contributed by atoms with Crippen molar-refractivity contribution in [1.82, 2.24) is 20.7 Å². The first-order valence-electron chi connectivity index (χ1n) is 6.74. The van der Waals surface area contributed by atoms with E-state index in [9.17, 15) is 0 Å². The zero-order chi connectivity index (χ0) is 14.5. The minimum atomic E-state index is 0.669. The van der Waals surface area contributed by atoms with E-state index in [0.29, 0.717) is 6.54 Å². The highest BCUT2D eigenvalue weighted by atomic mass is 79.9. The molecule has 0 bridgehead atoms. The summed E-state index contributed by atoms with van der Waals surface area (Å²) in [5.74, 6) is 0. The number of halogens is 1. The van der Waals surface area contributed by atoms with Crippen LogP contribution in [0.4, 0.5) is 0 Å². The molecule has 0 aliphatic carbocycles. The van der Waals surface area contributed by atoms with Crippen LogP contribution < -0.4 is 5.32 Å². The molecule has 0 radical (unpaired) electrons. The Balaban J connectivity index is 1.67. The predicted molar refractivity (Wildman–Crippen MR) is 86.5 cm³/mol. The number of H-pyrrole nitrogens is 1. The van der Waals surface area contributed by atoms with E-state index in [1.54, 1.807) is 0 Å². The SMILES string of the molecule is Brc1ccccc1CNCc1n[nH]nc1-c1ccccc1. The fourth-order valence-corrected chi connectivity index (χ4v) is 2.59. The first-order chi connectivity index (χ1) is 10.3. The second kappa shape index (κ2) is 6.65. The first kappa shape index (κ1) is 14.0. The molecule has 0 saturated heterocycles. The average Bonchev–Trinajstić information content (AvgIpc) is 2.99. The molecule has 106 valence electrons. The van der Waals surface area contributed by atoms with Crippen LogP contribution in [0.1, 0.15) is 11.3 Å². The van der Waals surface area contributed by atoms with Crippen LogP contribution in [0, 0.1) is 0 Å². The van der Waals surface area contributed by atoms with Crippen LogP contribution >= 0.6 is 15.9 Å². The van der Waals surface area contributed by atoms with Crippen LogP contribution in [0.25, 0.3) is 11.3 Å². The third kappa shape index (κ3) is 3.37. The number of hydrogen-bond donors (Lipinski definition) is 2. The van der Waals surface area contributed by atoms with Crippen molar-refractivity contribution in [3.8, 4) is 11.3 Å². The van der Waals surface area contributed by atoms with Crippen LogP contribution in [0.2, 0.25) is 0 Å². The summed E-state index contributed by atoms with van der Waals surface area (Å²) in [5.41, 5.74) is 4.12. The molecular weight excluding hydrogens is 328 g/mol. The molecule has 5 heteroatoms. The summed E-state index contributed by atoms with van der Waals surface area (Å²) in [6.45, 7) is 1.45. The summed E-state index contributed by atoms with van der Waals surface area (Å²) in [6, 6.07) is 18.3. The molecule has 4 nitrogen and oxygen atoms in total. The normalized spacial score (nSPS) is 10.7. The summed E-state index contributed by atoms with van der Waals surface area (Å²) >= 11 is 3.55. The number of aromatic amines is 1. The number of aromatic nitrogens is 3. The summed E-state index contributed by atoms with van der Waals surface area (Å²) in [6.07, 6.45) is 0. The Morgan fingerprint density at radius 3 is 2.48 bits per heavy atom. The molecule has 0 spiro atoms. The lowest BCUT2D eigenvalue weighted by Gasteiger charge is -2.06. The van der Waals surface area contributed by atoms with Crippen LogP contribution in [0.15, 0.2) is 59.1 Å². The fourth-order valence-electron chi connectivity index (χ4n) is 2.16.